The van der Waals surface area contributed by atoms with Gasteiger partial charge in [-0.15, -0.1) is 0 Å². The molecule has 0 amide bonds. The van der Waals surface area contributed by atoms with E-state index in [9.17, 15) is 0 Å². The molecule has 1 aliphatic rings. The number of halogens is 1. The molecule has 0 atom stereocenters. The van der Waals surface area contributed by atoms with Gasteiger partial charge in [-0.3, -0.25) is 4.98 Å². The molecule has 0 spiro atoms. The van der Waals surface area contributed by atoms with Gasteiger partial charge in [0.05, 0.1) is 5.56 Å². The van der Waals surface area contributed by atoms with Crippen molar-refractivity contribution < 1.29 is 9.47 Å². The number of hydrogen-bond acceptors (Lipinski definition) is 3. The third-order valence-corrected chi connectivity index (χ3v) is 1.89. The van der Waals surface area contributed by atoms with Gasteiger partial charge in [0.25, 0.3) is 6.29 Å². The summed E-state index contributed by atoms with van der Waals surface area (Å²) in [7, 11) is 0. The van der Waals surface area contributed by atoms with Crippen molar-refractivity contribution in [3.05, 3.63) is 41.0 Å². The Morgan fingerprint density at radius 3 is 2.67 bits per heavy atom. The maximum absolute atomic E-state index is 5.13. The Kier molecular flexibility index (Phi) is 1.99. The molecule has 0 saturated carbocycles. The zero-order valence-electron chi connectivity index (χ0n) is 6.11. The van der Waals surface area contributed by atoms with Crippen LogP contribution in [0.25, 0.3) is 0 Å². The van der Waals surface area contributed by atoms with Crippen molar-refractivity contribution >= 4 is 15.9 Å². The van der Waals surface area contributed by atoms with Crippen LogP contribution in [0.2, 0.25) is 0 Å². The molecule has 0 aromatic carbocycles. The molecule has 0 saturated heterocycles. The zero-order valence-corrected chi connectivity index (χ0v) is 7.69. The van der Waals surface area contributed by atoms with E-state index in [1.165, 1.54) is 12.5 Å². The first-order valence-corrected chi connectivity index (χ1v) is 4.22. The van der Waals surface area contributed by atoms with Gasteiger partial charge in [-0.2, -0.15) is 0 Å². The SMILES string of the molecule is Brc1cncc(C2OC=CO2)c1. The molecular weight excluding hydrogens is 222 g/mol. The highest BCUT2D eigenvalue weighted by Gasteiger charge is 2.15. The van der Waals surface area contributed by atoms with Crippen LogP contribution in [0.4, 0.5) is 0 Å². The average molecular weight is 228 g/mol. The minimum absolute atomic E-state index is 0.338. The highest BCUT2D eigenvalue weighted by atomic mass is 79.9. The van der Waals surface area contributed by atoms with E-state index < -0.39 is 0 Å². The Labute approximate surface area is 78.1 Å². The van der Waals surface area contributed by atoms with Gasteiger partial charge in [0.2, 0.25) is 0 Å². The summed E-state index contributed by atoms with van der Waals surface area (Å²) in [6, 6.07) is 1.91. The molecule has 0 aliphatic carbocycles. The van der Waals surface area contributed by atoms with Gasteiger partial charge in [0.15, 0.2) is 0 Å². The summed E-state index contributed by atoms with van der Waals surface area (Å²) in [6.07, 6.45) is 6.13. The second-order valence-electron chi connectivity index (χ2n) is 2.31. The molecule has 0 unspecified atom stereocenters. The molecular formula is C8H6BrNO2. The molecule has 12 heavy (non-hydrogen) atoms. The van der Waals surface area contributed by atoms with Crippen LogP contribution in [0.15, 0.2) is 35.5 Å². The Hall–Kier alpha value is -1.03. The molecule has 0 fully saturated rings. The van der Waals surface area contributed by atoms with Gasteiger partial charge in [0.1, 0.15) is 12.5 Å². The first-order chi connectivity index (χ1) is 5.86. The number of aromatic nitrogens is 1. The molecule has 2 heterocycles. The van der Waals surface area contributed by atoms with Gasteiger partial charge in [-0.05, 0) is 22.0 Å². The molecule has 62 valence electrons. The summed E-state index contributed by atoms with van der Waals surface area (Å²) in [5.74, 6) is 0. The highest BCUT2D eigenvalue weighted by molar-refractivity contribution is 9.10. The number of ether oxygens (including phenoxy) is 2. The van der Waals surface area contributed by atoms with Crippen molar-refractivity contribution in [3.8, 4) is 0 Å². The molecule has 1 aliphatic heterocycles. The van der Waals surface area contributed by atoms with Crippen molar-refractivity contribution in [1.29, 1.82) is 0 Å². The van der Waals surface area contributed by atoms with E-state index in [1.54, 1.807) is 12.4 Å². The number of hydrogen-bond donors (Lipinski definition) is 0. The fourth-order valence-corrected chi connectivity index (χ4v) is 1.34. The molecule has 0 radical (unpaired) electrons. The van der Waals surface area contributed by atoms with Crippen molar-refractivity contribution in [1.82, 2.24) is 4.98 Å². The Morgan fingerprint density at radius 1 is 1.25 bits per heavy atom. The summed E-state index contributed by atoms with van der Waals surface area (Å²) < 4.78 is 11.2. The van der Waals surface area contributed by atoms with Gasteiger partial charge in [-0.1, -0.05) is 0 Å². The first kappa shape index (κ1) is 7.61. The van der Waals surface area contributed by atoms with Crippen LogP contribution in [0.3, 0.4) is 0 Å². The van der Waals surface area contributed by atoms with E-state index >= 15 is 0 Å². The Bertz CT molecular complexity index is 306. The standard InChI is InChI=1S/C8H6BrNO2/c9-7-3-6(4-10-5-7)8-11-1-2-12-8/h1-5,8H. The molecule has 4 heteroatoms. The fraction of sp³-hybridized carbons (Fsp3) is 0.125. The van der Waals surface area contributed by atoms with Crippen LogP contribution >= 0.6 is 15.9 Å². The van der Waals surface area contributed by atoms with Crippen LogP contribution < -0.4 is 0 Å². The minimum atomic E-state index is -0.338. The van der Waals surface area contributed by atoms with Gasteiger partial charge < -0.3 is 9.47 Å². The molecule has 1 aromatic rings. The summed E-state index contributed by atoms with van der Waals surface area (Å²) in [5, 5.41) is 0. The van der Waals surface area contributed by atoms with Crippen molar-refractivity contribution in [2.75, 3.05) is 0 Å². The lowest BCUT2D eigenvalue weighted by atomic mass is 10.3. The van der Waals surface area contributed by atoms with E-state index in [1.807, 2.05) is 6.07 Å². The van der Waals surface area contributed by atoms with E-state index in [0.29, 0.717) is 0 Å². The second-order valence-corrected chi connectivity index (χ2v) is 3.23. The van der Waals surface area contributed by atoms with E-state index in [0.717, 1.165) is 10.0 Å². The molecule has 0 bridgehead atoms. The van der Waals surface area contributed by atoms with Gasteiger partial charge in [0, 0.05) is 16.9 Å². The molecule has 0 N–H and O–H groups in total. The van der Waals surface area contributed by atoms with Gasteiger partial charge >= 0.3 is 0 Å². The number of nitrogens with zero attached hydrogens (tertiary/aromatic N) is 1. The normalized spacial score (nSPS) is 15.8. The van der Waals surface area contributed by atoms with Crippen molar-refractivity contribution in [2.24, 2.45) is 0 Å². The predicted molar refractivity (Wildman–Crippen MR) is 46.0 cm³/mol. The van der Waals surface area contributed by atoms with Crippen LogP contribution in [-0.4, -0.2) is 4.98 Å². The third-order valence-electron chi connectivity index (χ3n) is 1.46. The van der Waals surface area contributed by atoms with Crippen molar-refractivity contribution in [3.63, 3.8) is 0 Å². The van der Waals surface area contributed by atoms with Crippen LogP contribution in [0.5, 0.6) is 0 Å². The Balaban J connectivity index is 2.22. The lowest BCUT2D eigenvalue weighted by Gasteiger charge is -2.09. The van der Waals surface area contributed by atoms with Gasteiger partial charge in [-0.25, -0.2) is 0 Å². The fourth-order valence-electron chi connectivity index (χ4n) is 0.953. The first-order valence-electron chi connectivity index (χ1n) is 3.42. The Morgan fingerprint density at radius 2 is 2.00 bits per heavy atom. The summed E-state index contributed by atoms with van der Waals surface area (Å²) >= 11 is 3.32. The number of pyridine rings is 1. The molecule has 3 nitrogen and oxygen atoms in total. The highest BCUT2D eigenvalue weighted by Crippen LogP contribution is 2.24. The zero-order chi connectivity index (χ0) is 8.39. The largest absolute Gasteiger partial charge is 0.455 e. The quantitative estimate of drug-likeness (QED) is 0.739. The second kappa shape index (κ2) is 3.15. The van der Waals surface area contributed by atoms with Crippen LogP contribution in [0.1, 0.15) is 11.9 Å². The lowest BCUT2D eigenvalue weighted by Crippen LogP contribution is -1.97. The van der Waals surface area contributed by atoms with E-state index in [-0.39, 0.29) is 6.29 Å². The maximum atomic E-state index is 5.13. The predicted octanol–water partition coefficient (Wildman–Crippen LogP) is 2.36. The molecule has 1 aromatic heterocycles. The summed E-state index contributed by atoms with van der Waals surface area (Å²) in [5.41, 5.74) is 0.898. The topological polar surface area (TPSA) is 31.4 Å². The monoisotopic (exact) mass is 227 g/mol. The van der Waals surface area contributed by atoms with E-state index in [4.69, 9.17) is 9.47 Å². The van der Waals surface area contributed by atoms with Crippen LogP contribution in [-0.2, 0) is 9.47 Å². The average Bonchev–Trinajstić information content (AvgIpc) is 2.56. The number of rotatable bonds is 1. The van der Waals surface area contributed by atoms with Crippen LogP contribution in [0, 0.1) is 0 Å². The summed E-state index contributed by atoms with van der Waals surface area (Å²) in [6.45, 7) is 0. The van der Waals surface area contributed by atoms with Crippen molar-refractivity contribution in [2.45, 2.75) is 6.29 Å². The summed E-state index contributed by atoms with van der Waals surface area (Å²) in [4.78, 5) is 3.99. The maximum Gasteiger partial charge on any atom is 0.267 e. The molecule has 2 rings (SSSR count). The smallest absolute Gasteiger partial charge is 0.267 e. The lowest BCUT2D eigenvalue weighted by molar-refractivity contribution is -0.0248. The minimum Gasteiger partial charge on any atom is -0.455 e. The third kappa shape index (κ3) is 1.43. The van der Waals surface area contributed by atoms with E-state index in [2.05, 4.69) is 20.9 Å².